The maximum Gasteiger partial charge on any atom is 0.263 e. The molecule has 0 bridgehead atoms. The fourth-order valence-corrected chi connectivity index (χ4v) is 4.72. The van der Waals surface area contributed by atoms with Gasteiger partial charge in [0.05, 0.1) is 10.6 Å². The number of nitrogens with one attached hydrogen (secondary N) is 1. The van der Waals surface area contributed by atoms with E-state index < -0.39 is 23.1 Å². The first-order valence-corrected chi connectivity index (χ1v) is 9.96. The average molecular weight is 482 g/mol. The zero-order valence-corrected chi connectivity index (χ0v) is 16.5. The minimum Gasteiger partial charge on any atom is -0.298 e. The Balaban J connectivity index is 1.68. The van der Waals surface area contributed by atoms with Crippen LogP contribution in [0, 0.1) is 15.2 Å². The quantitative estimate of drug-likeness (QED) is 0.495. The third kappa shape index (κ3) is 3.25. The van der Waals surface area contributed by atoms with E-state index in [0.29, 0.717) is 5.13 Å². The van der Waals surface area contributed by atoms with Gasteiger partial charge in [-0.15, -0.1) is 0 Å². The van der Waals surface area contributed by atoms with Crippen LogP contribution >= 0.6 is 33.9 Å². The zero-order chi connectivity index (χ0) is 18.3. The molecule has 0 saturated heterocycles. The van der Waals surface area contributed by atoms with Gasteiger partial charge < -0.3 is 0 Å². The van der Waals surface area contributed by atoms with E-state index in [1.165, 1.54) is 26.5 Å². The van der Waals surface area contributed by atoms with Gasteiger partial charge in [0.15, 0.2) is 5.13 Å². The van der Waals surface area contributed by atoms with Gasteiger partial charge in [0.1, 0.15) is 17.2 Å². The number of rotatable bonds is 2. The van der Waals surface area contributed by atoms with Gasteiger partial charge >= 0.3 is 0 Å². The number of hydrogen-bond donors (Lipinski definition) is 1. The second-order valence-electron chi connectivity index (χ2n) is 6.00. The summed E-state index contributed by atoms with van der Waals surface area (Å²) in [5.74, 6) is -2.60. The van der Waals surface area contributed by atoms with Crippen LogP contribution in [0.2, 0.25) is 0 Å². The lowest BCUT2D eigenvalue weighted by Gasteiger charge is -2.06. The summed E-state index contributed by atoms with van der Waals surface area (Å²) in [7, 11) is 0. The van der Waals surface area contributed by atoms with Gasteiger partial charge in [-0.1, -0.05) is 23.5 Å². The van der Waals surface area contributed by atoms with Gasteiger partial charge in [-0.25, -0.2) is 13.8 Å². The second-order valence-corrected chi connectivity index (χ2v) is 8.25. The molecular formula is C19H13F2IN2OS. The number of benzene rings is 2. The van der Waals surface area contributed by atoms with Crippen LogP contribution in [0.3, 0.4) is 0 Å². The minimum absolute atomic E-state index is 0.356. The van der Waals surface area contributed by atoms with Crippen LogP contribution in [0.1, 0.15) is 28.0 Å². The molecule has 132 valence electrons. The van der Waals surface area contributed by atoms with Gasteiger partial charge in [-0.2, -0.15) is 0 Å². The summed E-state index contributed by atoms with van der Waals surface area (Å²) in [5, 5.41) is 2.90. The molecule has 1 aromatic heterocycles. The Morgan fingerprint density at radius 3 is 2.69 bits per heavy atom. The first-order valence-electron chi connectivity index (χ1n) is 8.07. The summed E-state index contributed by atoms with van der Waals surface area (Å²) in [5.41, 5.74) is 2.71. The Morgan fingerprint density at radius 1 is 1.15 bits per heavy atom. The lowest BCUT2D eigenvalue weighted by molar-refractivity contribution is 0.101. The van der Waals surface area contributed by atoms with Crippen LogP contribution in [-0.2, 0) is 12.8 Å². The summed E-state index contributed by atoms with van der Waals surface area (Å²) in [6, 6.07) is 9.63. The fourth-order valence-electron chi connectivity index (χ4n) is 3.10. The lowest BCUT2D eigenvalue weighted by Crippen LogP contribution is -2.15. The maximum atomic E-state index is 13.8. The number of hydrogen-bond acceptors (Lipinski definition) is 3. The molecule has 0 unspecified atom stereocenters. The van der Waals surface area contributed by atoms with Crippen molar-refractivity contribution < 1.29 is 13.6 Å². The highest BCUT2D eigenvalue weighted by Crippen LogP contribution is 2.39. The standard InChI is InChI=1S/C19H13F2IN2OS/c20-13-4-2-5-14(21)16(13)18(25)24-19-23-15-6-1-3-10-9-11(22)7-8-12(10)17(15)26-19/h2,4-5,7-9H,1,3,6H2,(H,23,24,25). The second kappa shape index (κ2) is 7.03. The van der Waals surface area contributed by atoms with Crippen LogP contribution in [0.15, 0.2) is 36.4 Å². The molecule has 26 heavy (non-hydrogen) atoms. The van der Waals surface area contributed by atoms with E-state index in [4.69, 9.17) is 0 Å². The van der Waals surface area contributed by atoms with E-state index in [0.717, 1.165) is 47.5 Å². The molecular weight excluding hydrogens is 469 g/mol. The summed E-state index contributed by atoms with van der Waals surface area (Å²) in [6.45, 7) is 0. The van der Waals surface area contributed by atoms with E-state index in [2.05, 4.69) is 45.0 Å². The van der Waals surface area contributed by atoms with Crippen LogP contribution < -0.4 is 5.32 Å². The normalized spacial score (nSPS) is 12.9. The Hall–Kier alpha value is -1.87. The molecule has 1 heterocycles. The minimum atomic E-state index is -0.888. The third-order valence-corrected chi connectivity index (χ3v) is 6.00. The van der Waals surface area contributed by atoms with E-state index in [1.54, 1.807) is 0 Å². The van der Waals surface area contributed by atoms with Crippen molar-refractivity contribution in [2.75, 3.05) is 5.32 Å². The molecule has 1 amide bonds. The predicted octanol–water partition coefficient (Wildman–Crippen LogP) is 5.43. The summed E-state index contributed by atoms with van der Waals surface area (Å²) >= 11 is 3.63. The van der Waals surface area contributed by atoms with Crippen molar-refractivity contribution in [1.29, 1.82) is 0 Å². The Kier molecular flexibility index (Phi) is 4.74. The van der Waals surface area contributed by atoms with Gasteiger partial charge in [0.25, 0.3) is 5.91 Å². The summed E-state index contributed by atoms with van der Waals surface area (Å²) in [6.07, 6.45) is 2.76. The summed E-state index contributed by atoms with van der Waals surface area (Å²) < 4.78 is 28.8. The highest BCUT2D eigenvalue weighted by molar-refractivity contribution is 14.1. The molecule has 3 aromatic rings. The molecule has 4 rings (SSSR count). The molecule has 0 spiro atoms. The van der Waals surface area contributed by atoms with Crippen molar-refractivity contribution in [3.8, 4) is 10.4 Å². The number of nitrogens with zero attached hydrogens (tertiary/aromatic N) is 1. The van der Waals surface area contributed by atoms with Crippen molar-refractivity contribution in [1.82, 2.24) is 4.98 Å². The molecule has 0 saturated carbocycles. The van der Waals surface area contributed by atoms with Crippen LogP contribution in [0.5, 0.6) is 0 Å². The van der Waals surface area contributed by atoms with Gasteiger partial charge in [-0.3, -0.25) is 10.1 Å². The summed E-state index contributed by atoms with van der Waals surface area (Å²) in [4.78, 5) is 17.8. The number of aromatic nitrogens is 1. The van der Waals surface area contributed by atoms with Gasteiger partial charge in [-0.05, 0) is 77.2 Å². The van der Waals surface area contributed by atoms with E-state index in [-0.39, 0.29) is 0 Å². The highest BCUT2D eigenvalue weighted by atomic mass is 127. The molecule has 2 aromatic carbocycles. The topological polar surface area (TPSA) is 42.0 Å². The molecule has 1 N–H and O–H groups in total. The maximum absolute atomic E-state index is 13.8. The number of halogens is 3. The van der Waals surface area contributed by atoms with E-state index in [9.17, 15) is 13.6 Å². The van der Waals surface area contributed by atoms with Crippen LogP contribution in [-0.4, -0.2) is 10.9 Å². The average Bonchev–Trinajstić information content (AvgIpc) is 2.89. The lowest BCUT2D eigenvalue weighted by atomic mass is 10.0. The van der Waals surface area contributed by atoms with Crippen molar-refractivity contribution in [2.24, 2.45) is 0 Å². The molecule has 0 fully saturated rings. The number of thiazole rings is 1. The monoisotopic (exact) mass is 482 g/mol. The highest BCUT2D eigenvalue weighted by Gasteiger charge is 2.22. The smallest absolute Gasteiger partial charge is 0.263 e. The van der Waals surface area contributed by atoms with Crippen molar-refractivity contribution >= 4 is 45.0 Å². The van der Waals surface area contributed by atoms with Crippen molar-refractivity contribution in [3.63, 3.8) is 0 Å². The third-order valence-electron chi connectivity index (χ3n) is 4.28. The largest absolute Gasteiger partial charge is 0.298 e. The molecule has 1 aliphatic rings. The predicted molar refractivity (Wildman–Crippen MR) is 107 cm³/mol. The first-order chi connectivity index (χ1) is 12.5. The van der Waals surface area contributed by atoms with Crippen molar-refractivity contribution in [3.05, 3.63) is 68.4 Å². The number of fused-ring (bicyclic) bond motifs is 3. The number of carbonyl (C=O) groups excluding carboxylic acids is 1. The Bertz CT molecular complexity index is 999. The zero-order valence-electron chi connectivity index (χ0n) is 13.5. The number of amides is 1. The molecule has 0 radical (unpaired) electrons. The Labute approximate surface area is 166 Å². The van der Waals surface area contributed by atoms with Crippen LogP contribution in [0.25, 0.3) is 10.4 Å². The number of carbonyl (C=O) groups is 1. The Morgan fingerprint density at radius 2 is 1.92 bits per heavy atom. The first kappa shape index (κ1) is 17.5. The number of anilines is 1. The molecule has 0 aliphatic heterocycles. The molecule has 3 nitrogen and oxygen atoms in total. The van der Waals surface area contributed by atoms with Crippen LogP contribution in [0.4, 0.5) is 13.9 Å². The molecule has 7 heteroatoms. The van der Waals surface area contributed by atoms with Gasteiger partial charge in [0.2, 0.25) is 0 Å². The van der Waals surface area contributed by atoms with E-state index >= 15 is 0 Å². The number of aryl methyl sites for hydroxylation is 2. The van der Waals surface area contributed by atoms with E-state index in [1.807, 2.05) is 6.07 Å². The van der Waals surface area contributed by atoms with Gasteiger partial charge in [0, 0.05) is 3.57 Å². The molecule has 0 atom stereocenters. The fraction of sp³-hybridized carbons (Fsp3) is 0.158. The van der Waals surface area contributed by atoms with Crippen molar-refractivity contribution in [2.45, 2.75) is 19.3 Å². The SMILES string of the molecule is O=C(Nc1nc2c(s1)-c1ccc(I)cc1CCC2)c1c(F)cccc1F. The molecule has 1 aliphatic carbocycles.